The van der Waals surface area contributed by atoms with Crippen molar-refractivity contribution in [1.29, 1.82) is 0 Å². The first kappa shape index (κ1) is 13.5. The van der Waals surface area contributed by atoms with E-state index >= 15 is 0 Å². The molecule has 2 aromatic rings. The Kier molecular flexibility index (Phi) is 4.46. The van der Waals surface area contributed by atoms with Crippen LogP contribution in [0, 0.1) is 6.92 Å². The van der Waals surface area contributed by atoms with Crippen LogP contribution in [0.2, 0.25) is 0 Å². The molecular weight excluding hydrogens is 260 g/mol. The second-order valence-electron chi connectivity index (χ2n) is 4.21. The molecule has 100 valence electrons. The lowest BCUT2D eigenvalue weighted by Gasteiger charge is -2.14. The number of pyridine rings is 1. The molecule has 5 nitrogen and oxygen atoms in total. The lowest BCUT2D eigenvalue weighted by molar-refractivity contribution is 0.237. The topological polar surface area (TPSA) is 66.9 Å². The normalized spacial score (nSPS) is 11.9. The summed E-state index contributed by atoms with van der Waals surface area (Å²) >= 11 is 1.54. The van der Waals surface area contributed by atoms with Gasteiger partial charge in [0.1, 0.15) is 5.01 Å². The van der Waals surface area contributed by atoms with Gasteiger partial charge in [0.15, 0.2) is 0 Å². The van der Waals surface area contributed by atoms with E-state index in [1.807, 2.05) is 31.4 Å². The average Bonchev–Trinajstić information content (AvgIpc) is 2.83. The van der Waals surface area contributed by atoms with Crippen LogP contribution in [-0.4, -0.2) is 16.0 Å². The number of carbonyl (C=O) groups excluding carboxylic acids is 1. The number of nitrogens with zero attached hydrogens (tertiary/aromatic N) is 2. The Labute approximate surface area is 116 Å². The molecule has 1 unspecified atom stereocenters. The Morgan fingerprint density at radius 3 is 2.79 bits per heavy atom. The van der Waals surface area contributed by atoms with Gasteiger partial charge < -0.3 is 10.6 Å². The minimum Gasteiger partial charge on any atom is -0.332 e. The summed E-state index contributed by atoms with van der Waals surface area (Å²) in [7, 11) is 0. The lowest BCUT2D eigenvalue weighted by atomic mass is 10.1. The third kappa shape index (κ3) is 4.03. The molecule has 0 saturated carbocycles. The first-order valence-corrected chi connectivity index (χ1v) is 6.88. The number of rotatable bonds is 4. The van der Waals surface area contributed by atoms with E-state index in [9.17, 15) is 4.79 Å². The fraction of sp³-hybridized carbons (Fsp3) is 0.308. The summed E-state index contributed by atoms with van der Waals surface area (Å²) in [4.78, 5) is 20.0. The molecule has 0 aliphatic rings. The maximum Gasteiger partial charge on any atom is 0.315 e. The first-order chi connectivity index (χ1) is 9.15. The minimum absolute atomic E-state index is 0.0546. The van der Waals surface area contributed by atoms with Gasteiger partial charge in [0.05, 0.1) is 12.6 Å². The molecule has 6 heteroatoms. The molecule has 0 bridgehead atoms. The summed E-state index contributed by atoms with van der Waals surface area (Å²) in [6.45, 7) is 4.32. The predicted molar refractivity (Wildman–Crippen MR) is 74.9 cm³/mol. The molecule has 1 atom stereocenters. The van der Waals surface area contributed by atoms with Crippen molar-refractivity contribution >= 4 is 17.4 Å². The van der Waals surface area contributed by atoms with Crippen LogP contribution in [0.3, 0.4) is 0 Å². The molecule has 2 rings (SSSR count). The summed E-state index contributed by atoms with van der Waals surface area (Å²) in [5.41, 5.74) is 2.00. The molecule has 0 fully saturated rings. The van der Waals surface area contributed by atoms with Gasteiger partial charge in [0.2, 0.25) is 0 Å². The molecule has 0 saturated heterocycles. The summed E-state index contributed by atoms with van der Waals surface area (Å²) in [6.07, 6.45) is 3.42. The maximum atomic E-state index is 11.7. The van der Waals surface area contributed by atoms with Crippen molar-refractivity contribution in [2.75, 3.05) is 0 Å². The average molecular weight is 276 g/mol. The van der Waals surface area contributed by atoms with Crippen molar-refractivity contribution in [2.45, 2.75) is 26.4 Å². The summed E-state index contributed by atoms with van der Waals surface area (Å²) in [5, 5.41) is 8.54. The lowest BCUT2D eigenvalue weighted by Crippen LogP contribution is -2.36. The number of nitrogens with one attached hydrogen (secondary N) is 2. The molecule has 0 aliphatic carbocycles. The van der Waals surface area contributed by atoms with Gasteiger partial charge in [0, 0.05) is 23.5 Å². The Bertz CT molecular complexity index is 541. The van der Waals surface area contributed by atoms with E-state index in [4.69, 9.17) is 0 Å². The highest BCUT2D eigenvalue weighted by atomic mass is 32.1. The number of carbonyl (C=O) groups is 1. The van der Waals surface area contributed by atoms with E-state index in [0.29, 0.717) is 6.54 Å². The van der Waals surface area contributed by atoms with Crippen LogP contribution < -0.4 is 10.6 Å². The van der Waals surface area contributed by atoms with Gasteiger partial charge >= 0.3 is 6.03 Å². The number of urea groups is 1. The SMILES string of the molecule is Cc1csc(CNC(=O)NC(C)c2ccncc2)n1. The first-order valence-electron chi connectivity index (χ1n) is 6.00. The van der Waals surface area contributed by atoms with E-state index in [-0.39, 0.29) is 12.1 Å². The van der Waals surface area contributed by atoms with Crippen molar-refractivity contribution in [3.05, 3.63) is 46.2 Å². The molecule has 2 N–H and O–H groups in total. The van der Waals surface area contributed by atoms with Crippen LogP contribution >= 0.6 is 11.3 Å². The summed E-state index contributed by atoms with van der Waals surface area (Å²) in [5.74, 6) is 0. The van der Waals surface area contributed by atoms with Crippen LogP contribution in [-0.2, 0) is 6.54 Å². The highest BCUT2D eigenvalue weighted by Crippen LogP contribution is 2.10. The van der Waals surface area contributed by atoms with Crippen molar-refractivity contribution in [3.63, 3.8) is 0 Å². The zero-order valence-corrected chi connectivity index (χ0v) is 11.7. The maximum absolute atomic E-state index is 11.7. The molecule has 2 heterocycles. The number of aromatic nitrogens is 2. The molecule has 0 radical (unpaired) electrons. The van der Waals surface area contributed by atoms with Gasteiger partial charge in [-0.1, -0.05) is 0 Å². The molecule has 2 aromatic heterocycles. The van der Waals surface area contributed by atoms with Gasteiger partial charge in [0.25, 0.3) is 0 Å². The van der Waals surface area contributed by atoms with E-state index in [1.54, 1.807) is 23.7 Å². The number of thiazole rings is 1. The van der Waals surface area contributed by atoms with Gasteiger partial charge in [-0.3, -0.25) is 4.98 Å². The highest BCUT2D eigenvalue weighted by molar-refractivity contribution is 7.09. The Hall–Kier alpha value is -1.95. The number of amides is 2. The molecule has 0 aliphatic heterocycles. The van der Waals surface area contributed by atoms with Crippen molar-refractivity contribution < 1.29 is 4.79 Å². The molecule has 2 amide bonds. The number of hydrogen-bond donors (Lipinski definition) is 2. The van der Waals surface area contributed by atoms with Crippen molar-refractivity contribution in [1.82, 2.24) is 20.6 Å². The number of aryl methyl sites for hydroxylation is 1. The second kappa shape index (κ2) is 6.29. The monoisotopic (exact) mass is 276 g/mol. The largest absolute Gasteiger partial charge is 0.332 e. The standard InChI is InChI=1S/C13H16N4OS/c1-9-8-19-12(16-9)7-15-13(18)17-10(2)11-3-5-14-6-4-11/h3-6,8,10H,7H2,1-2H3,(H2,15,17,18). The minimum atomic E-state index is -0.197. The van der Waals surface area contributed by atoms with Crippen LogP contribution in [0.15, 0.2) is 29.9 Å². The van der Waals surface area contributed by atoms with E-state index in [0.717, 1.165) is 16.3 Å². The third-order valence-electron chi connectivity index (χ3n) is 2.62. The van der Waals surface area contributed by atoms with Gasteiger partial charge in [-0.05, 0) is 31.5 Å². The molecule has 19 heavy (non-hydrogen) atoms. The fourth-order valence-electron chi connectivity index (χ4n) is 1.62. The van der Waals surface area contributed by atoms with Crippen molar-refractivity contribution in [2.24, 2.45) is 0 Å². The molecule has 0 aromatic carbocycles. The summed E-state index contributed by atoms with van der Waals surface area (Å²) < 4.78 is 0. The Balaban J connectivity index is 1.81. The van der Waals surface area contributed by atoms with Crippen LogP contribution in [0.25, 0.3) is 0 Å². The van der Waals surface area contributed by atoms with E-state index in [1.165, 1.54) is 0 Å². The zero-order valence-electron chi connectivity index (χ0n) is 10.9. The van der Waals surface area contributed by atoms with Crippen molar-refractivity contribution in [3.8, 4) is 0 Å². The quantitative estimate of drug-likeness (QED) is 0.901. The third-order valence-corrected chi connectivity index (χ3v) is 3.59. The van der Waals surface area contributed by atoms with E-state index in [2.05, 4.69) is 20.6 Å². The Morgan fingerprint density at radius 1 is 1.42 bits per heavy atom. The summed E-state index contributed by atoms with van der Waals surface area (Å²) in [6, 6.07) is 3.52. The molecular formula is C13H16N4OS. The fourth-order valence-corrected chi connectivity index (χ4v) is 2.33. The van der Waals surface area contributed by atoms with E-state index < -0.39 is 0 Å². The van der Waals surface area contributed by atoms with Crippen LogP contribution in [0.5, 0.6) is 0 Å². The molecule has 0 spiro atoms. The Morgan fingerprint density at radius 2 is 2.16 bits per heavy atom. The van der Waals surface area contributed by atoms with Crippen LogP contribution in [0.1, 0.15) is 29.2 Å². The second-order valence-corrected chi connectivity index (χ2v) is 5.15. The predicted octanol–water partition coefficient (Wildman–Crippen LogP) is 2.41. The zero-order chi connectivity index (χ0) is 13.7. The van der Waals surface area contributed by atoms with Gasteiger partial charge in [-0.2, -0.15) is 0 Å². The van der Waals surface area contributed by atoms with Gasteiger partial charge in [-0.25, -0.2) is 9.78 Å². The van der Waals surface area contributed by atoms with Gasteiger partial charge in [-0.15, -0.1) is 11.3 Å². The highest BCUT2D eigenvalue weighted by Gasteiger charge is 2.09. The smallest absolute Gasteiger partial charge is 0.315 e. The van der Waals surface area contributed by atoms with Crippen LogP contribution in [0.4, 0.5) is 4.79 Å². The number of hydrogen-bond acceptors (Lipinski definition) is 4.